The molecule has 0 aliphatic carbocycles. The van der Waals surface area contributed by atoms with Crippen LogP contribution >= 0.6 is 11.6 Å². The van der Waals surface area contributed by atoms with Crippen LogP contribution in [0.2, 0.25) is 0 Å². The summed E-state index contributed by atoms with van der Waals surface area (Å²) in [4.78, 5) is 24.3. The van der Waals surface area contributed by atoms with Gasteiger partial charge in [0.25, 0.3) is 11.7 Å². The van der Waals surface area contributed by atoms with E-state index >= 15 is 0 Å². The van der Waals surface area contributed by atoms with Gasteiger partial charge in [0.05, 0.1) is 24.5 Å². The number of anilines is 1. The Balaban J connectivity index is 2.23. The van der Waals surface area contributed by atoms with Gasteiger partial charge < -0.3 is 9.64 Å². The van der Waals surface area contributed by atoms with E-state index in [-0.39, 0.29) is 24.4 Å². The van der Waals surface area contributed by atoms with Crippen LogP contribution in [0.5, 0.6) is 0 Å². The van der Waals surface area contributed by atoms with Gasteiger partial charge in [0.15, 0.2) is 0 Å². The van der Waals surface area contributed by atoms with Crippen molar-refractivity contribution in [2.75, 3.05) is 30.5 Å². The largest absolute Gasteiger partial charge is 0.378 e. The van der Waals surface area contributed by atoms with E-state index in [1.54, 1.807) is 0 Å². The smallest absolute Gasteiger partial charge is 0.299 e. The highest BCUT2D eigenvalue weighted by Gasteiger charge is 2.38. The average molecular weight is 290 g/mol. The van der Waals surface area contributed by atoms with Crippen molar-refractivity contribution in [3.8, 4) is 0 Å². The molecule has 1 aliphatic rings. The van der Waals surface area contributed by atoms with Crippen molar-refractivity contribution in [3.05, 3.63) is 29.3 Å². The Morgan fingerprint density at radius 1 is 1.21 bits per heavy atom. The zero-order valence-electron chi connectivity index (χ0n) is 9.79. The number of Topliss-reactive ketones (excluding diaryl/α,β-unsaturated/α-hetero) is 1. The summed E-state index contributed by atoms with van der Waals surface area (Å²) in [6, 6.07) is 1.54. The number of fused-ring (bicyclic) bond motifs is 1. The predicted molar refractivity (Wildman–Crippen MR) is 64.6 cm³/mol. The minimum absolute atomic E-state index is 0.0390. The maximum absolute atomic E-state index is 13.5. The molecule has 0 N–H and O–H groups in total. The van der Waals surface area contributed by atoms with Gasteiger partial charge in [-0.15, -0.1) is 11.6 Å². The Kier molecular flexibility index (Phi) is 4.11. The minimum Gasteiger partial charge on any atom is -0.378 e. The first-order chi connectivity index (χ1) is 9.06. The van der Waals surface area contributed by atoms with E-state index in [0.29, 0.717) is 18.6 Å². The normalized spacial score (nSPS) is 14.2. The Hall–Kier alpha value is -1.53. The summed E-state index contributed by atoms with van der Waals surface area (Å²) in [6.45, 7) is 0.461. The molecule has 0 fully saturated rings. The van der Waals surface area contributed by atoms with E-state index in [4.69, 9.17) is 16.3 Å². The van der Waals surface area contributed by atoms with Crippen molar-refractivity contribution in [1.82, 2.24) is 0 Å². The van der Waals surface area contributed by atoms with Crippen LogP contribution in [0.4, 0.5) is 14.5 Å². The highest BCUT2D eigenvalue weighted by Crippen LogP contribution is 2.31. The van der Waals surface area contributed by atoms with Crippen molar-refractivity contribution < 1.29 is 23.1 Å². The van der Waals surface area contributed by atoms with Gasteiger partial charge in [-0.2, -0.15) is 0 Å². The number of ketones is 1. The number of rotatable bonds is 5. The predicted octanol–water partition coefficient (Wildman–Crippen LogP) is 1.75. The topological polar surface area (TPSA) is 46.6 Å². The summed E-state index contributed by atoms with van der Waals surface area (Å²) in [5, 5.41) is 0. The number of nitrogens with zero attached hydrogens (tertiary/aromatic N) is 1. The first-order valence-electron chi connectivity index (χ1n) is 5.55. The molecule has 0 radical (unpaired) electrons. The van der Waals surface area contributed by atoms with Gasteiger partial charge in [0.2, 0.25) is 0 Å². The molecule has 1 aromatic carbocycles. The summed E-state index contributed by atoms with van der Waals surface area (Å²) >= 11 is 5.41. The van der Waals surface area contributed by atoms with Gasteiger partial charge in [-0.3, -0.25) is 9.59 Å². The first kappa shape index (κ1) is 13.9. The van der Waals surface area contributed by atoms with Crippen molar-refractivity contribution in [2.45, 2.75) is 0 Å². The third-order valence-electron chi connectivity index (χ3n) is 2.67. The molecule has 7 heteroatoms. The van der Waals surface area contributed by atoms with E-state index in [1.807, 2.05) is 0 Å². The number of amides is 1. The van der Waals surface area contributed by atoms with Gasteiger partial charge in [0.1, 0.15) is 11.6 Å². The van der Waals surface area contributed by atoms with Gasteiger partial charge >= 0.3 is 0 Å². The van der Waals surface area contributed by atoms with Crippen LogP contribution in [-0.4, -0.2) is 37.3 Å². The Labute approximate surface area is 112 Å². The molecule has 0 atom stereocenters. The zero-order valence-corrected chi connectivity index (χ0v) is 10.5. The first-order valence-corrected chi connectivity index (χ1v) is 6.08. The minimum atomic E-state index is -1.03. The monoisotopic (exact) mass is 289 g/mol. The number of carbonyl (C=O) groups excluding carboxylic acids is 2. The Morgan fingerprint density at radius 3 is 2.63 bits per heavy atom. The molecule has 1 heterocycles. The summed E-state index contributed by atoms with van der Waals surface area (Å²) in [7, 11) is 0. The molecule has 0 aromatic heterocycles. The van der Waals surface area contributed by atoms with Crippen molar-refractivity contribution in [2.24, 2.45) is 0 Å². The maximum Gasteiger partial charge on any atom is 0.299 e. The maximum atomic E-state index is 13.5. The lowest BCUT2D eigenvalue weighted by Gasteiger charge is -2.16. The van der Waals surface area contributed by atoms with Crippen LogP contribution in [0.15, 0.2) is 12.1 Å². The molecular weight excluding hydrogens is 280 g/mol. The number of alkyl halides is 1. The van der Waals surface area contributed by atoms with Gasteiger partial charge in [-0.1, -0.05) is 0 Å². The van der Waals surface area contributed by atoms with E-state index in [0.717, 1.165) is 11.0 Å². The lowest BCUT2D eigenvalue weighted by atomic mass is 10.1. The molecule has 1 amide bonds. The molecule has 0 bridgehead atoms. The molecule has 0 saturated carbocycles. The highest BCUT2D eigenvalue weighted by molar-refractivity contribution is 6.52. The van der Waals surface area contributed by atoms with Crippen molar-refractivity contribution in [3.63, 3.8) is 0 Å². The van der Waals surface area contributed by atoms with Crippen molar-refractivity contribution >= 4 is 29.0 Å². The highest BCUT2D eigenvalue weighted by atomic mass is 35.5. The molecule has 2 rings (SSSR count). The van der Waals surface area contributed by atoms with Crippen LogP contribution in [0, 0.1) is 11.6 Å². The third kappa shape index (κ3) is 2.59. The third-order valence-corrected chi connectivity index (χ3v) is 2.83. The Morgan fingerprint density at radius 2 is 1.95 bits per heavy atom. The number of carbonyl (C=O) groups is 2. The fourth-order valence-electron chi connectivity index (χ4n) is 1.87. The second-order valence-corrected chi connectivity index (χ2v) is 4.25. The molecule has 0 unspecified atom stereocenters. The van der Waals surface area contributed by atoms with Crippen LogP contribution < -0.4 is 4.90 Å². The molecule has 0 saturated heterocycles. The number of benzene rings is 1. The lowest BCUT2D eigenvalue weighted by Crippen LogP contribution is -2.33. The van der Waals surface area contributed by atoms with Gasteiger partial charge in [-0.25, -0.2) is 8.78 Å². The van der Waals surface area contributed by atoms with E-state index in [2.05, 4.69) is 0 Å². The number of halogens is 3. The molecule has 0 spiro atoms. The number of ether oxygens (including phenoxy) is 1. The second-order valence-electron chi connectivity index (χ2n) is 3.87. The molecule has 1 aromatic rings. The van der Waals surface area contributed by atoms with Gasteiger partial charge in [0, 0.05) is 18.5 Å². The summed E-state index contributed by atoms with van der Waals surface area (Å²) in [6.07, 6.45) is 0. The van der Waals surface area contributed by atoms with Crippen LogP contribution in [0.3, 0.4) is 0 Å². The SMILES string of the molecule is O=C1C(=O)N(CCOCCCl)c2cc(F)cc(F)c21. The summed E-state index contributed by atoms with van der Waals surface area (Å²) in [5.41, 5.74) is -0.439. The standard InChI is InChI=1S/C12H10ClF2NO3/c13-1-3-19-4-2-16-9-6-7(14)5-8(15)10(9)11(17)12(16)18/h5-6H,1-4H2. The molecule has 1 aliphatic heterocycles. The molecule has 19 heavy (non-hydrogen) atoms. The van der Waals surface area contributed by atoms with Crippen LogP contribution in [0.25, 0.3) is 0 Å². The van der Waals surface area contributed by atoms with Gasteiger partial charge in [-0.05, 0) is 6.07 Å². The van der Waals surface area contributed by atoms with E-state index < -0.39 is 23.3 Å². The molecule has 4 nitrogen and oxygen atoms in total. The fourth-order valence-corrected chi connectivity index (χ4v) is 1.98. The zero-order chi connectivity index (χ0) is 14.0. The van der Waals surface area contributed by atoms with Crippen LogP contribution in [0.1, 0.15) is 10.4 Å². The number of hydrogen-bond donors (Lipinski definition) is 0. The Bertz CT molecular complexity index is 536. The molecule has 102 valence electrons. The number of hydrogen-bond acceptors (Lipinski definition) is 3. The molecular formula is C12H10ClF2NO3. The fraction of sp³-hybridized carbons (Fsp3) is 0.333. The lowest BCUT2D eigenvalue weighted by molar-refractivity contribution is -0.114. The second kappa shape index (κ2) is 5.63. The van der Waals surface area contributed by atoms with E-state index in [9.17, 15) is 18.4 Å². The van der Waals surface area contributed by atoms with Crippen LogP contribution in [-0.2, 0) is 9.53 Å². The van der Waals surface area contributed by atoms with E-state index in [1.165, 1.54) is 0 Å². The average Bonchev–Trinajstić information content (AvgIpc) is 2.59. The van der Waals surface area contributed by atoms with Crippen molar-refractivity contribution in [1.29, 1.82) is 0 Å². The quantitative estimate of drug-likeness (QED) is 0.471. The summed E-state index contributed by atoms with van der Waals surface area (Å²) in [5.74, 6) is -3.42. The summed E-state index contributed by atoms with van der Waals surface area (Å²) < 4.78 is 31.7.